The van der Waals surface area contributed by atoms with Crippen molar-refractivity contribution in [3.8, 4) is 17.2 Å². The number of nitrogens with zero attached hydrogens (tertiary/aromatic N) is 2. The molecule has 2 heterocycles. The van der Waals surface area contributed by atoms with Crippen LogP contribution in [0.3, 0.4) is 0 Å². The van der Waals surface area contributed by atoms with Crippen molar-refractivity contribution in [2.45, 2.75) is 18.9 Å². The van der Waals surface area contributed by atoms with Crippen LogP contribution in [0.25, 0.3) is 11.1 Å². The Bertz CT molecular complexity index is 836. The first kappa shape index (κ1) is 17.0. The summed E-state index contributed by atoms with van der Waals surface area (Å²) in [5.74, 6) is -0.468. The Morgan fingerprint density at radius 3 is 2.77 bits per heavy atom. The molecule has 2 saturated heterocycles. The fourth-order valence-corrected chi connectivity index (χ4v) is 3.56. The van der Waals surface area contributed by atoms with Crippen molar-refractivity contribution in [3.05, 3.63) is 53.3 Å². The molecule has 0 radical (unpaired) electrons. The van der Waals surface area contributed by atoms with Gasteiger partial charge in [0.1, 0.15) is 11.9 Å². The Kier molecular flexibility index (Phi) is 4.87. The van der Waals surface area contributed by atoms with Gasteiger partial charge in [0.05, 0.1) is 18.3 Å². The maximum Gasteiger partial charge on any atom is 0.141 e. The Morgan fingerprint density at radius 2 is 2.12 bits per heavy atom. The minimum Gasteiger partial charge on any atom is -0.375 e. The molecule has 26 heavy (non-hydrogen) atoms. The normalized spacial score (nSPS) is 19.7. The van der Waals surface area contributed by atoms with Gasteiger partial charge in [0.25, 0.3) is 0 Å². The second kappa shape index (κ2) is 7.45. The highest BCUT2D eigenvalue weighted by Gasteiger charge is 2.21. The number of hydrogen-bond donors (Lipinski definition) is 1. The van der Waals surface area contributed by atoms with Gasteiger partial charge in [-0.2, -0.15) is 5.26 Å². The van der Waals surface area contributed by atoms with E-state index >= 15 is 0 Å². The van der Waals surface area contributed by atoms with E-state index < -0.39 is 5.82 Å². The van der Waals surface area contributed by atoms with Crippen molar-refractivity contribution < 1.29 is 9.13 Å². The van der Waals surface area contributed by atoms with Crippen molar-refractivity contribution in [2.24, 2.45) is 0 Å². The van der Waals surface area contributed by atoms with Crippen LogP contribution in [0, 0.1) is 17.1 Å². The fraction of sp³-hybridized carbons (Fsp3) is 0.381. The zero-order chi connectivity index (χ0) is 17.9. The summed E-state index contributed by atoms with van der Waals surface area (Å²) in [6.45, 7) is 4.56. The highest BCUT2D eigenvalue weighted by Crippen LogP contribution is 2.35. The van der Waals surface area contributed by atoms with Crippen LogP contribution in [0.5, 0.6) is 0 Å². The maximum absolute atomic E-state index is 14.2. The second-order valence-electron chi connectivity index (χ2n) is 6.90. The number of nitriles is 1. The SMILES string of the molecule is N#Cc1ccc(-c2cc(C[C@H]3CNCCO3)ccc2N2CCC2)cc1F. The molecule has 0 saturated carbocycles. The molecule has 0 spiro atoms. The smallest absolute Gasteiger partial charge is 0.141 e. The number of rotatable bonds is 4. The molecule has 2 aromatic rings. The molecule has 0 amide bonds. The van der Waals surface area contributed by atoms with Crippen LogP contribution < -0.4 is 10.2 Å². The summed E-state index contributed by atoms with van der Waals surface area (Å²) in [6.07, 6.45) is 2.19. The molecular weight excluding hydrogens is 329 g/mol. The van der Waals surface area contributed by atoms with Crippen molar-refractivity contribution in [1.82, 2.24) is 5.32 Å². The zero-order valence-electron chi connectivity index (χ0n) is 14.7. The van der Waals surface area contributed by atoms with Gasteiger partial charge in [0, 0.05) is 37.4 Å². The summed E-state index contributed by atoms with van der Waals surface area (Å²) >= 11 is 0. The Balaban J connectivity index is 1.68. The highest BCUT2D eigenvalue weighted by molar-refractivity contribution is 5.80. The highest BCUT2D eigenvalue weighted by atomic mass is 19.1. The molecule has 134 valence electrons. The van der Waals surface area contributed by atoms with Gasteiger partial charge in [0.15, 0.2) is 0 Å². The summed E-state index contributed by atoms with van der Waals surface area (Å²) in [6, 6.07) is 13.2. The lowest BCUT2D eigenvalue weighted by atomic mass is 9.95. The Labute approximate surface area is 153 Å². The van der Waals surface area contributed by atoms with Crippen molar-refractivity contribution in [3.63, 3.8) is 0 Å². The van der Waals surface area contributed by atoms with Gasteiger partial charge in [-0.15, -0.1) is 0 Å². The fourth-order valence-electron chi connectivity index (χ4n) is 3.56. The van der Waals surface area contributed by atoms with Gasteiger partial charge in [-0.05, 0) is 48.2 Å². The first-order valence-electron chi connectivity index (χ1n) is 9.15. The molecule has 0 aromatic heterocycles. The zero-order valence-corrected chi connectivity index (χ0v) is 14.7. The quantitative estimate of drug-likeness (QED) is 0.920. The predicted octanol–water partition coefficient (Wildman–Crippen LogP) is 3.11. The number of halogens is 1. The van der Waals surface area contributed by atoms with Gasteiger partial charge in [0.2, 0.25) is 0 Å². The molecule has 2 aliphatic heterocycles. The molecule has 4 nitrogen and oxygen atoms in total. The first-order chi connectivity index (χ1) is 12.7. The van der Waals surface area contributed by atoms with Crippen LogP contribution in [-0.4, -0.2) is 38.9 Å². The third kappa shape index (κ3) is 3.44. The van der Waals surface area contributed by atoms with Crippen LogP contribution in [-0.2, 0) is 11.2 Å². The van der Waals surface area contributed by atoms with Gasteiger partial charge >= 0.3 is 0 Å². The Morgan fingerprint density at radius 1 is 1.23 bits per heavy atom. The van der Waals surface area contributed by atoms with E-state index in [1.54, 1.807) is 6.07 Å². The van der Waals surface area contributed by atoms with E-state index in [0.29, 0.717) is 0 Å². The summed E-state index contributed by atoms with van der Waals surface area (Å²) in [5, 5.41) is 12.3. The lowest BCUT2D eigenvalue weighted by molar-refractivity contribution is 0.0292. The average molecular weight is 351 g/mol. The molecule has 0 unspecified atom stereocenters. The molecule has 2 aliphatic rings. The molecule has 1 N–H and O–H groups in total. The van der Waals surface area contributed by atoms with Crippen LogP contribution in [0.1, 0.15) is 17.5 Å². The van der Waals surface area contributed by atoms with Crippen LogP contribution >= 0.6 is 0 Å². The number of hydrogen-bond acceptors (Lipinski definition) is 4. The summed E-state index contributed by atoms with van der Waals surface area (Å²) in [7, 11) is 0. The first-order valence-corrected chi connectivity index (χ1v) is 9.15. The number of nitrogens with one attached hydrogen (secondary N) is 1. The number of benzene rings is 2. The molecule has 2 fully saturated rings. The van der Waals surface area contributed by atoms with Crippen LogP contribution in [0.15, 0.2) is 36.4 Å². The van der Waals surface area contributed by atoms with Crippen molar-refractivity contribution in [2.75, 3.05) is 37.7 Å². The van der Waals surface area contributed by atoms with E-state index in [2.05, 4.69) is 28.4 Å². The minimum absolute atomic E-state index is 0.0806. The van der Waals surface area contributed by atoms with E-state index in [9.17, 15) is 4.39 Å². The van der Waals surface area contributed by atoms with E-state index in [1.807, 2.05) is 12.1 Å². The molecule has 5 heteroatoms. The molecular formula is C21H22FN3O. The third-order valence-corrected chi connectivity index (χ3v) is 5.13. The van der Waals surface area contributed by atoms with Gasteiger partial charge < -0.3 is 15.0 Å². The molecule has 1 atom stereocenters. The molecule has 0 bridgehead atoms. The third-order valence-electron chi connectivity index (χ3n) is 5.13. The predicted molar refractivity (Wildman–Crippen MR) is 99.7 cm³/mol. The number of morpholine rings is 1. The second-order valence-corrected chi connectivity index (χ2v) is 6.90. The van der Waals surface area contributed by atoms with E-state index in [-0.39, 0.29) is 11.7 Å². The largest absolute Gasteiger partial charge is 0.375 e. The lowest BCUT2D eigenvalue weighted by Gasteiger charge is -2.35. The minimum atomic E-state index is -0.468. The van der Waals surface area contributed by atoms with Crippen molar-refractivity contribution >= 4 is 5.69 Å². The Hall–Kier alpha value is -2.42. The number of anilines is 1. The average Bonchev–Trinajstić information content (AvgIpc) is 2.62. The summed E-state index contributed by atoms with van der Waals surface area (Å²) in [5.41, 5.74) is 4.23. The van der Waals surface area contributed by atoms with E-state index in [4.69, 9.17) is 10.00 Å². The number of ether oxygens (including phenoxy) is 1. The summed E-state index contributed by atoms with van der Waals surface area (Å²) < 4.78 is 20.0. The molecule has 4 rings (SSSR count). The van der Waals surface area contributed by atoms with E-state index in [0.717, 1.165) is 56.0 Å². The summed E-state index contributed by atoms with van der Waals surface area (Å²) in [4.78, 5) is 2.31. The van der Waals surface area contributed by atoms with Gasteiger partial charge in [-0.25, -0.2) is 4.39 Å². The molecule has 0 aliphatic carbocycles. The van der Waals surface area contributed by atoms with Crippen LogP contribution in [0.2, 0.25) is 0 Å². The van der Waals surface area contributed by atoms with Gasteiger partial charge in [-0.3, -0.25) is 0 Å². The lowest BCUT2D eigenvalue weighted by Crippen LogP contribution is -2.39. The van der Waals surface area contributed by atoms with Crippen molar-refractivity contribution in [1.29, 1.82) is 5.26 Å². The topological polar surface area (TPSA) is 48.3 Å². The molecule has 2 aromatic carbocycles. The van der Waals surface area contributed by atoms with E-state index in [1.165, 1.54) is 18.1 Å². The monoisotopic (exact) mass is 351 g/mol. The van der Waals surface area contributed by atoms with Crippen LogP contribution in [0.4, 0.5) is 10.1 Å². The van der Waals surface area contributed by atoms with Gasteiger partial charge in [-0.1, -0.05) is 12.1 Å². The maximum atomic E-state index is 14.2. The standard InChI is InChI=1S/C21H22FN3O/c22-20-12-16(3-4-17(20)13-23)19-11-15(10-18-14-24-6-9-26-18)2-5-21(19)25-7-1-8-25/h2-5,11-12,18,24H,1,6-10,14H2/t18-/m0/s1.